The molecule has 5 heteroatoms. The number of oxime groups is 1. The molecule has 1 saturated heterocycles. The van der Waals surface area contributed by atoms with Gasteiger partial charge in [-0.3, -0.25) is 0 Å². The van der Waals surface area contributed by atoms with Gasteiger partial charge in [-0.2, -0.15) is 0 Å². The summed E-state index contributed by atoms with van der Waals surface area (Å²) in [7, 11) is 0. The molecular weight excluding hydrogens is 388 g/mol. The second-order valence-electron chi connectivity index (χ2n) is 12.0. The van der Waals surface area contributed by atoms with Gasteiger partial charge in [0, 0.05) is 5.41 Å². The third-order valence-corrected chi connectivity index (χ3v) is 11.1. The van der Waals surface area contributed by atoms with Crippen LogP contribution in [0.25, 0.3) is 0 Å². The van der Waals surface area contributed by atoms with Crippen LogP contribution in [0.2, 0.25) is 0 Å². The number of quaternary nitrogens is 1. The minimum Gasteiger partial charge on any atom is -0.411 e. The number of piperidine rings is 1. The maximum absolute atomic E-state index is 11.7. The summed E-state index contributed by atoms with van der Waals surface area (Å²) in [5.74, 6) is 1.67. The summed E-state index contributed by atoms with van der Waals surface area (Å²) >= 11 is 0. The fourth-order valence-electron chi connectivity index (χ4n) is 9.69. The fourth-order valence-corrected chi connectivity index (χ4v) is 9.69. The van der Waals surface area contributed by atoms with Crippen molar-refractivity contribution in [2.75, 3.05) is 13.1 Å². The van der Waals surface area contributed by atoms with E-state index in [1.807, 2.05) is 6.92 Å². The SMILES string of the molecule is CC(=NO)C1([NH+]2CCCCC2)C(O)CC2C3CC=C4CC(O)CCC4(C)C3CCC21C. The van der Waals surface area contributed by atoms with Gasteiger partial charge < -0.3 is 20.3 Å². The number of nitrogens with zero attached hydrogens (tertiary/aromatic N) is 1. The van der Waals surface area contributed by atoms with Crippen molar-refractivity contribution in [3.8, 4) is 0 Å². The van der Waals surface area contributed by atoms with Crippen LogP contribution in [0.3, 0.4) is 0 Å². The van der Waals surface area contributed by atoms with Crippen molar-refractivity contribution in [1.29, 1.82) is 0 Å². The summed E-state index contributed by atoms with van der Waals surface area (Å²) in [5, 5.41) is 35.8. The van der Waals surface area contributed by atoms with E-state index < -0.39 is 11.6 Å². The quantitative estimate of drug-likeness (QED) is 0.235. The third kappa shape index (κ3) is 2.81. The molecule has 1 aliphatic heterocycles. The first-order valence-electron chi connectivity index (χ1n) is 12.9. The molecule has 31 heavy (non-hydrogen) atoms. The lowest BCUT2D eigenvalue weighted by atomic mass is 9.46. The minimum absolute atomic E-state index is 0.0492. The molecule has 0 amide bonds. The number of aliphatic hydroxyl groups excluding tert-OH is 2. The van der Waals surface area contributed by atoms with E-state index in [1.54, 1.807) is 0 Å². The average Bonchev–Trinajstić information content (AvgIpc) is 3.01. The van der Waals surface area contributed by atoms with Gasteiger partial charge in [-0.1, -0.05) is 30.7 Å². The molecule has 0 bridgehead atoms. The molecule has 174 valence electrons. The highest BCUT2D eigenvalue weighted by Crippen LogP contribution is 2.66. The van der Waals surface area contributed by atoms with Crippen LogP contribution in [0.4, 0.5) is 0 Å². The Morgan fingerprint density at radius 3 is 2.52 bits per heavy atom. The highest BCUT2D eigenvalue weighted by Gasteiger charge is 2.73. The summed E-state index contributed by atoms with van der Waals surface area (Å²) in [6.07, 6.45) is 12.5. The monoisotopic (exact) mass is 431 g/mol. The van der Waals surface area contributed by atoms with Crippen LogP contribution < -0.4 is 4.90 Å². The van der Waals surface area contributed by atoms with Gasteiger partial charge in [0.05, 0.1) is 19.2 Å². The molecule has 0 aromatic carbocycles. The molecule has 1 heterocycles. The molecule has 4 fully saturated rings. The number of nitrogens with one attached hydrogen (secondary N) is 1. The standard InChI is InChI=1S/C26H42N2O3/c1-17(27-31)26(28-13-5-4-6-14-28)23(30)16-22-20-8-7-18-15-19(29)9-11-24(18,2)21(20)10-12-25(22,26)3/h7,19-23,29-31H,4-6,8-16H2,1-3H3/p+1. The number of hydrogen-bond acceptors (Lipinski definition) is 4. The Morgan fingerprint density at radius 2 is 1.81 bits per heavy atom. The molecule has 0 aromatic rings. The summed E-state index contributed by atoms with van der Waals surface area (Å²) < 4.78 is 0. The van der Waals surface area contributed by atoms with Crippen LogP contribution in [0.1, 0.15) is 85.0 Å². The minimum atomic E-state index is -0.467. The number of likely N-dealkylation sites (tertiary alicyclic amines) is 1. The van der Waals surface area contributed by atoms with E-state index in [0.717, 1.165) is 57.3 Å². The van der Waals surface area contributed by atoms with Gasteiger partial charge in [0.2, 0.25) is 0 Å². The molecule has 0 aromatic heterocycles. The second kappa shape index (κ2) is 7.56. The first-order chi connectivity index (χ1) is 14.8. The molecule has 8 atom stereocenters. The Morgan fingerprint density at radius 1 is 1.06 bits per heavy atom. The zero-order valence-electron chi connectivity index (χ0n) is 19.7. The summed E-state index contributed by atoms with van der Waals surface area (Å²) in [5.41, 5.74) is 1.94. The van der Waals surface area contributed by atoms with Crippen molar-refractivity contribution >= 4 is 5.71 Å². The Labute approximate surface area is 187 Å². The maximum Gasteiger partial charge on any atom is 0.171 e. The van der Waals surface area contributed by atoms with Crippen molar-refractivity contribution in [3.05, 3.63) is 11.6 Å². The van der Waals surface area contributed by atoms with Crippen LogP contribution >= 0.6 is 0 Å². The van der Waals surface area contributed by atoms with Crippen LogP contribution in [-0.2, 0) is 0 Å². The van der Waals surface area contributed by atoms with Gasteiger partial charge in [0.15, 0.2) is 5.54 Å². The van der Waals surface area contributed by atoms with Crippen molar-refractivity contribution in [1.82, 2.24) is 0 Å². The molecule has 5 rings (SSSR count). The number of allylic oxidation sites excluding steroid dienone is 1. The van der Waals surface area contributed by atoms with E-state index in [-0.39, 0.29) is 16.9 Å². The fraction of sp³-hybridized carbons (Fsp3) is 0.885. The van der Waals surface area contributed by atoms with Gasteiger partial charge in [0.25, 0.3) is 0 Å². The van der Waals surface area contributed by atoms with Gasteiger partial charge in [-0.15, -0.1) is 0 Å². The highest BCUT2D eigenvalue weighted by molar-refractivity contribution is 5.92. The lowest BCUT2D eigenvalue weighted by Gasteiger charge is -2.60. The topological polar surface area (TPSA) is 77.5 Å². The Hall–Kier alpha value is -0.910. The third-order valence-electron chi connectivity index (χ3n) is 11.1. The van der Waals surface area contributed by atoms with Crippen molar-refractivity contribution in [2.24, 2.45) is 33.7 Å². The van der Waals surface area contributed by atoms with Crippen molar-refractivity contribution in [2.45, 2.75) is 103 Å². The average molecular weight is 432 g/mol. The molecular formula is C26H43N2O3+. The van der Waals surface area contributed by atoms with Gasteiger partial charge >= 0.3 is 0 Å². The molecule has 8 unspecified atom stereocenters. The number of hydrogen-bond donors (Lipinski definition) is 4. The molecule has 0 spiro atoms. The van der Waals surface area contributed by atoms with E-state index in [9.17, 15) is 15.4 Å². The lowest BCUT2D eigenvalue weighted by molar-refractivity contribution is -0.956. The maximum atomic E-state index is 11.7. The molecule has 4 aliphatic carbocycles. The van der Waals surface area contributed by atoms with E-state index in [2.05, 4.69) is 25.1 Å². The van der Waals surface area contributed by atoms with E-state index in [4.69, 9.17) is 0 Å². The first-order valence-corrected chi connectivity index (χ1v) is 12.9. The summed E-state index contributed by atoms with van der Waals surface area (Å²) in [6.45, 7) is 8.99. The van der Waals surface area contributed by atoms with Gasteiger partial charge in [-0.25, -0.2) is 0 Å². The van der Waals surface area contributed by atoms with Crippen molar-refractivity contribution in [3.63, 3.8) is 0 Å². The molecule has 5 nitrogen and oxygen atoms in total. The normalized spacial score (nSPS) is 50.9. The predicted molar refractivity (Wildman–Crippen MR) is 121 cm³/mol. The van der Waals surface area contributed by atoms with E-state index >= 15 is 0 Å². The predicted octanol–water partition coefficient (Wildman–Crippen LogP) is 2.94. The smallest absolute Gasteiger partial charge is 0.171 e. The number of rotatable bonds is 2. The van der Waals surface area contributed by atoms with Gasteiger partial charge in [0.1, 0.15) is 11.8 Å². The molecule has 3 saturated carbocycles. The zero-order valence-corrected chi connectivity index (χ0v) is 19.7. The molecule has 4 N–H and O–H groups in total. The van der Waals surface area contributed by atoms with Crippen LogP contribution in [0, 0.1) is 28.6 Å². The summed E-state index contributed by atoms with van der Waals surface area (Å²) in [4.78, 5) is 1.46. The lowest BCUT2D eigenvalue weighted by Crippen LogP contribution is -3.25. The number of aliphatic hydroxyl groups is 2. The zero-order chi connectivity index (χ0) is 22.0. The van der Waals surface area contributed by atoms with Crippen molar-refractivity contribution < 1.29 is 20.3 Å². The molecule has 0 radical (unpaired) electrons. The second-order valence-corrected chi connectivity index (χ2v) is 12.0. The number of fused-ring (bicyclic) bond motifs is 5. The Kier molecular flexibility index (Phi) is 5.35. The van der Waals surface area contributed by atoms with Crippen LogP contribution in [-0.4, -0.2) is 52.0 Å². The summed E-state index contributed by atoms with van der Waals surface area (Å²) in [6, 6.07) is 0. The van der Waals surface area contributed by atoms with Crippen LogP contribution in [0.15, 0.2) is 16.8 Å². The Bertz CT molecular complexity index is 775. The molecule has 5 aliphatic rings. The largest absolute Gasteiger partial charge is 0.411 e. The van der Waals surface area contributed by atoms with E-state index in [1.165, 1.54) is 36.2 Å². The highest BCUT2D eigenvalue weighted by atomic mass is 16.4. The van der Waals surface area contributed by atoms with Gasteiger partial charge in [-0.05, 0) is 94.3 Å². The first kappa shape index (κ1) is 21.9. The van der Waals surface area contributed by atoms with E-state index in [0.29, 0.717) is 17.8 Å². The van der Waals surface area contributed by atoms with Crippen LogP contribution in [0.5, 0.6) is 0 Å². The Balaban J connectivity index is 1.55.